The summed E-state index contributed by atoms with van der Waals surface area (Å²) in [5, 5.41) is 0. The second-order valence-corrected chi connectivity index (χ2v) is 9.32. The standard InChI is InChI=1S/C23H40O3S/c1-19(2)10-8-11-20(3)12-9-13-21(4)16-17-23(18-26-27(24)25)22-14-6-5-7-15-22/h5-7,14-15,19-21,23H,8-13,16-18H2,1-4H3,(H,24,25). The van der Waals surface area contributed by atoms with Crippen LogP contribution in [0.25, 0.3) is 0 Å². The van der Waals surface area contributed by atoms with Crippen molar-refractivity contribution in [1.29, 1.82) is 0 Å². The summed E-state index contributed by atoms with van der Waals surface area (Å²) in [4.78, 5) is 0. The molecule has 156 valence electrons. The highest BCUT2D eigenvalue weighted by atomic mass is 32.2. The zero-order valence-electron chi connectivity index (χ0n) is 17.7. The molecule has 1 aromatic rings. The minimum atomic E-state index is -2.19. The summed E-state index contributed by atoms with van der Waals surface area (Å²) < 4.78 is 24.8. The van der Waals surface area contributed by atoms with Crippen LogP contribution in [0.1, 0.15) is 90.5 Å². The van der Waals surface area contributed by atoms with Crippen LogP contribution < -0.4 is 0 Å². The molecule has 0 saturated heterocycles. The predicted octanol–water partition coefficient (Wildman–Crippen LogP) is 6.97. The van der Waals surface area contributed by atoms with Gasteiger partial charge in [0.05, 0.1) is 6.61 Å². The van der Waals surface area contributed by atoms with E-state index in [0.29, 0.717) is 12.5 Å². The maximum absolute atomic E-state index is 10.9. The topological polar surface area (TPSA) is 46.5 Å². The molecule has 0 aliphatic rings. The third-order valence-electron chi connectivity index (χ3n) is 5.52. The van der Waals surface area contributed by atoms with Crippen molar-refractivity contribution >= 4 is 11.4 Å². The van der Waals surface area contributed by atoms with Crippen LogP contribution in [0, 0.1) is 17.8 Å². The first-order valence-corrected chi connectivity index (χ1v) is 11.7. The number of rotatable bonds is 15. The Morgan fingerprint density at radius 3 is 1.96 bits per heavy atom. The molecular formula is C23H40O3S. The summed E-state index contributed by atoms with van der Waals surface area (Å²) in [6, 6.07) is 10.2. The van der Waals surface area contributed by atoms with Crippen LogP contribution in [0.15, 0.2) is 30.3 Å². The van der Waals surface area contributed by atoms with Crippen molar-refractivity contribution in [1.82, 2.24) is 0 Å². The number of hydrogen-bond donors (Lipinski definition) is 1. The molecule has 0 radical (unpaired) electrons. The molecule has 4 unspecified atom stereocenters. The van der Waals surface area contributed by atoms with E-state index in [0.717, 1.165) is 24.7 Å². The maximum atomic E-state index is 10.9. The van der Waals surface area contributed by atoms with E-state index >= 15 is 0 Å². The highest BCUT2D eigenvalue weighted by molar-refractivity contribution is 7.74. The van der Waals surface area contributed by atoms with E-state index in [1.54, 1.807) is 0 Å². The lowest BCUT2D eigenvalue weighted by atomic mass is 9.88. The molecule has 1 aromatic carbocycles. The Bertz CT molecular complexity index is 504. The maximum Gasteiger partial charge on any atom is 0.301 e. The van der Waals surface area contributed by atoms with Crippen molar-refractivity contribution < 1.29 is 12.9 Å². The van der Waals surface area contributed by atoms with E-state index in [1.807, 2.05) is 18.2 Å². The van der Waals surface area contributed by atoms with Gasteiger partial charge in [-0.05, 0) is 29.7 Å². The zero-order chi connectivity index (χ0) is 20.1. The first-order chi connectivity index (χ1) is 12.9. The smallest absolute Gasteiger partial charge is 0.284 e. The molecule has 0 bridgehead atoms. The molecule has 0 saturated carbocycles. The van der Waals surface area contributed by atoms with Crippen LogP contribution in [-0.4, -0.2) is 15.4 Å². The second-order valence-electron chi connectivity index (χ2n) is 8.65. The van der Waals surface area contributed by atoms with Crippen molar-refractivity contribution in [3.63, 3.8) is 0 Å². The van der Waals surface area contributed by atoms with E-state index in [9.17, 15) is 4.21 Å². The zero-order valence-corrected chi connectivity index (χ0v) is 18.5. The molecule has 0 aromatic heterocycles. The SMILES string of the molecule is CC(C)CCCC(C)CCCC(C)CCC(COS(=O)O)c1ccccc1. The Morgan fingerprint density at radius 1 is 0.852 bits per heavy atom. The van der Waals surface area contributed by atoms with Gasteiger partial charge in [-0.15, -0.1) is 0 Å². The van der Waals surface area contributed by atoms with Gasteiger partial charge < -0.3 is 0 Å². The van der Waals surface area contributed by atoms with Gasteiger partial charge in [0.25, 0.3) is 0 Å². The van der Waals surface area contributed by atoms with Crippen molar-refractivity contribution in [2.24, 2.45) is 17.8 Å². The molecule has 3 nitrogen and oxygen atoms in total. The summed E-state index contributed by atoms with van der Waals surface area (Å²) in [5.74, 6) is 2.52. The van der Waals surface area contributed by atoms with Gasteiger partial charge >= 0.3 is 11.4 Å². The van der Waals surface area contributed by atoms with E-state index in [-0.39, 0.29) is 5.92 Å². The molecule has 0 fully saturated rings. The molecule has 1 rings (SSSR count). The summed E-state index contributed by atoms with van der Waals surface area (Å²) >= 11 is -2.19. The van der Waals surface area contributed by atoms with E-state index in [4.69, 9.17) is 8.74 Å². The predicted molar refractivity (Wildman–Crippen MR) is 116 cm³/mol. The Kier molecular flexibility index (Phi) is 12.9. The molecule has 4 heteroatoms. The second kappa shape index (κ2) is 14.3. The highest BCUT2D eigenvalue weighted by Crippen LogP contribution is 2.27. The lowest BCUT2D eigenvalue weighted by Crippen LogP contribution is -2.11. The molecule has 4 atom stereocenters. The largest absolute Gasteiger partial charge is 0.301 e. The molecule has 0 aliphatic heterocycles. The molecule has 1 N–H and O–H groups in total. The summed E-state index contributed by atoms with van der Waals surface area (Å²) in [6.45, 7) is 9.63. The summed E-state index contributed by atoms with van der Waals surface area (Å²) in [7, 11) is 0. The van der Waals surface area contributed by atoms with Crippen molar-refractivity contribution in [3.8, 4) is 0 Å². The van der Waals surface area contributed by atoms with Crippen LogP contribution in [0.5, 0.6) is 0 Å². The van der Waals surface area contributed by atoms with E-state index in [1.165, 1.54) is 44.1 Å². The molecule has 0 amide bonds. The molecule has 0 heterocycles. The quantitative estimate of drug-likeness (QED) is 0.325. The first kappa shape index (κ1) is 24.3. The van der Waals surface area contributed by atoms with E-state index in [2.05, 4.69) is 39.8 Å². The van der Waals surface area contributed by atoms with Gasteiger partial charge in [-0.25, -0.2) is 0 Å². The Hall–Kier alpha value is -0.710. The van der Waals surface area contributed by atoms with Crippen LogP contribution in [0.3, 0.4) is 0 Å². The van der Waals surface area contributed by atoms with Gasteiger partial charge in [0.1, 0.15) is 0 Å². The minimum Gasteiger partial charge on any atom is -0.284 e. The van der Waals surface area contributed by atoms with Gasteiger partial charge in [0.2, 0.25) is 0 Å². The average Bonchev–Trinajstić information content (AvgIpc) is 2.62. The number of hydrogen-bond acceptors (Lipinski definition) is 2. The van der Waals surface area contributed by atoms with E-state index < -0.39 is 11.4 Å². The number of benzene rings is 1. The highest BCUT2D eigenvalue weighted by Gasteiger charge is 2.15. The lowest BCUT2D eigenvalue weighted by molar-refractivity contribution is 0.268. The third-order valence-corrected chi connectivity index (χ3v) is 5.86. The van der Waals surface area contributed by atoms with Gasteiger partial charge in [-0.2, -0.15) is 4.21 Å². The van der Waals surface area contributed by atoms with Crippen LogP contribution in [0.4, 0.5) is 0 Å². The Morgan fingerprint density at radius 2 is 1.41 bits per heavy atom. The Balaban J connectivity index is 2.30. The average molecular weight is 397 g/mol. The molecule has 0 aliphatic carbocycles. The fourth-order valence-electron chi connectivity index (χ4n) is 3.68. The van der Waals surface area contributed by atoms with Gasteiger partial charge in [-0.1, -0.05) is 103 Å². The monoisotopic (exact) mass is 396 g/mol. The van der Waals surface area contributed by atoms with Crippen LogP contribution in [-0.2, 0) is 15.5 Å². The molecular weight excluding hydrogens is 356 g/mol. The third kappa shape index (κ3) is 12.4. The lowest BCUT2D eigenvalue weighted by Gasteiger charge is -2.19. The van der Waals surface area contributed by atoms with Crippen molar-refractivity contribution in [2.75, 3.05) is 6.61 Å². The first-order valence-electron chi connectivity index (χ1n) is 10.7. The molecule has 27 heavy (non-hydrogen) atoms. The van der Waals surface area contributed by atoms with Gasteiger partial charge in [0, 0.05) is 5.92 Å². The van der Waals surface area contributed by atoms with Crippen LogP contribution in [0.2, 0.25) is 0 Å². The van der Waals surface area contributed by atoms with Crippen LogP contribution >= 0.6 is 0 Å². The van der Waals surface area contributed by atoms with Gasteiger partial charge in [0.15, 0.2) is 0 Å². The fourth-order valence-corrected chi connectivity index (χ4v) is 3.96. The van der Waals surface area contributed by atoms with Gasteiger partial charge in [-0.3, -0.25) is 8.74 Å². The summed E-state index contributed by atoms with van der Waals surface area (Å²) in [5.41, 5.74) is 1.19. The minimum absolute atomic E-state index is 0.180. The molecule has 0 spiro atoms. The Labute approximate surface area is 169 Å². The summed E-state index contributed by atoms with van der Waals surface area (Å²) in [6.07, 6.45) is 10.1. The fraction of sp³-hybridized carbons (Fsp3) is 0.739. The normalized spacial score (nSPS) is 16.2. The van der Waals surface area contributed by atoms with Crippen molar-refractivity contribution in [3.05, 3.63) is 35.9 Å². The van der Waals surface area contributed by atoms with Crippen molar-refractivity contribution in [2.45, 2.75) is 85.0 Å².